The zero-order valence-corrected chi connectivity index (χ0v) is 36.1. The molecule has 316 valence electrons. The average molecular weight is 754 g/mol. The summed E-state index contributed by atoms with van der Waals surface area (Å²) >= 11 is 0. The zero-order valence-electron chi connectivity index (χ0n) is 36.1. The van der Waals surface area contributed by atoms with Crippen LogP contribution in [0.2, 0.25) is 0 Å². The van der Waals surface area contributed by atoms with E-state index in [-0.39, 0.29) is 18.5 Å². The summed E-state index contributed by atoms with van der Waals surface area (Å²) in [6.07, 6.45) is 39.2. The summed E-state index contributed by atoms with van der Waals surface area (Å²) in [6, 6.07) is 0.0940. The number of unbranched alkanes of at least 4 members (excludes halogenated alkanes) is 22. The summed E-state index contributed by atoms with van der Waals surface area (Å²) in [5.41, 5.74) is 0. The van der Waals surface area contributed by atoms with E-state index in [1.807, 2.05) is 14.1 Å². The van der Waals surface area contributed by atoms with E-state index < -0.39 is 0 Å². The average Bonchev–Trinajstić information content (AvgIpc) is 3.13. The van der Waals surface area contributed by atoms with Crippen LogP contribution < -0.4 is 5.32 Å². The number of carboxylic acid groups (broad SMARTS) is 1. The minimum atomic E-state index is -0.250. The lowest BCUT2D eigenvalue weighted by atomic mass is 9.89. The van der Waals surface area contributed by atoms with Gasteiger partial charge < -0.3 is 25.0 Å². The van der Waals surface area contributed by atoms with Crippen molar-refractivity contribution in [2.75, 3.05) is 46.9 Å². The molecule has 0 aliphatic heterocycles. The predicted molar refractivity (Wildman–Crippen MR) is 227 cm³/mol. The third kappa shape index (κ3) is 42.8. The Balaban J connectivity index is 0. The second-order valence-corrected chi connectivity index (χ2v) is 15.8. The van der Waals surface area contributed by atoms with Crippen LogP contribution in [-0.4, -0.2) is 80.3 Å². The third-order valence-corrected chi connectivity index (χ3v) is 10.4. The van der Waals surface area contributed by atoms with Crippen molar-refractivity contribution < 1.29 is 24.2 Å². The topological polar surface area (TPSA) is 99.2 Å². The second-order valence-electron chi connectivity index (χ2n) is 15.8. The Morgan fingerprint density at radius 1 is 0.566 bits per heavy atom. The number of ether oxygens (including phenoxy) is 1. The van der Waals surface area contributed by atoms with Crippen molar-refractivity contribution >= 4 is 18.5 Å². The lowest BCUT2D eigenvalue weighted by Crippen LogP contribution is -2.43. The highest BCUT2D eigenvalue weighted by atomic mass is 16.5. The summed E-state index contributed by atoms with van der Waals surface area (Å²) in [7, 11) is 4.09. The standard InChI is InChI=1S/C44H89N3O3.CH2O2/c1-6-9-12-15-19-26-33-42(34-27-20-16-13-10-7-2)35-28-21-17-23-30-38-47(44(49)45-37-40-46(4)5)39-31-24-18-22-29-36-43(48)50-41-32-25-14-11-8-3;2-1-3/h42H,6-41H2,1-5H3,(H,45,49);1H,(H,2,3). The number of carbonyl (C=O) groups is 3. The molecule has 0 rings (SSSR count). The third-order valence-electron chi connectivity index (χ3n) is 10.4. The molecule has 0 aliphatic rings. The molecule has 0 unspecified atom stereocenters. The first-order valence-electron chi connectivity index (χ1n) is 22.8. The van der Waals surface area contributed by atoms with Crippen molar-refractivity contribution in [3.63, 3.8) is 0 Å². The van der Waals surface area contributed by atoms with E-state index in [1.54, 1.807) is 0 Å². The van der Waals surface area contributed by atoms with Crippen LogP contribution in [0.3, 0.4) is 0 Å². The molecule has 8 nitrogen and oxygen atoms in total. The van der Waals surface area contributed by atoms with Crippen LogP contribution in [0.25, 0.3) is 0 Å². The van der Waals surface area contributed by atoms with Crippen LogP contribution in [0.1, 0.15) is 220 Å². The van der Waals surface area contributed by atoms with E-state index in [1.165, 1.54) is 141 Å². The van der Waals surface area contributed by atoms with Crippen LogP contribution in [0, 0.1) is 5.92 Å². The minimum absolute atomic E-state index is 0.0396. The molecule has 0 saturated heterocycles. The Kier molecular flexibility index (Phi) is 44.8. The molecule has 0 aliphatic carbocycles. The Bertz CT molecular complexity index is 750. The van der Waals surface area contributed by atoms with Crippen molar-refractivity contribution in [3.8, 4) is 0 Å². The molecule has 0 aromatic carbocycles. The fraction of sp³-hybridized carbons (Fsp3) is 0.933. The largest absolute Gasteiger partial charge is 0.483 e. The number of likely N-dealkylation sites (N-methyl/N-ethyl adjacent to an activating group) is 1. The van der Waals surface area contributed by atoms with E-state index in [9.17, 15) is 9.59 Å². The SMILES string of the molecule is CCCCCCCCC(CCCCCCCC)CCCCCCCN(CCCCCCCC(=O)OCCCCCCC)C(=O)NCCN(C)C.O=CO. The van der Waals surface area contributed by atoms with Gasteiger partial charge in [0.15, 0.2) is 0 Å². The molecule has 0 fully saturated rings. The van der Waals surface area contributed by atoms with E-state index in [0.717, 1.165) is 76.9 Å². The van der Waals surface area contributed by atoms with Gasteiger partial charge in [-0.1, -0.05) is 188 Å². The van der Waals surface area contributed by atoms with Gasteiger partial charge in [-0.25, -0.2) is 4.79 Å². The van der Waals surface area contributed by atoms with E-state index >= 15 is 0 Å². The maximum Gasteiger partial charge on any atom is 0.317 e. The number of carbonyl (C=O) groups excluding carboxylic acids is 2. The zero-order chi connectivity index (χ0) is 39.5. The fourth-order valence-electron chi connectivity index (χ4n) is 7.00. The maximum atomic E-state index is 13.0. The van der Waals surface area contributed by atoms with Gasteiger partial charge in [0.2, 0.25) is 0 Å². The fourth-order valence-corrected chi connectivity index (χ4v) is 7.00. The van der Waals surface area contributed by atoms with Crippen LogP contribution in [-0.2, 0) is 14.3 Å². The Hall–Kier alpha value is -1.83. The quantitative estimate of drug-likeness (QED) is 0.0368. The Morgan fingerprint density at radius 3 is 1.38 bits per heavy atom. The number of hydrogen-bond acceptors (Lipinski definition) is 5. The van der Waals surface area contributed by atoms with Crippen molar-refractivity contribution in [1.29, 1.82) is 0 Å². The maximum absolute atomic E-state index is 13.0. The van der Waals surface area contributed by atoms with Crippen molar-refractivity contribution in [2.45, 2.75) is 220 Å². The van der Waals surface area contributed by atoms with Gasteiger partial charge in [0, 0.05) is 32.6 Å². The number of rotatable bonds is 39. The van der Waals surface area contributed by atoms with Crippen LogP contribution in [0.5, 0.6) is 0 Å². The van der Waals surface area contributed by atoms with Gasteiger partial charge in [0.05, 0.1) is 6.61 Å². The lowest BCUT2D eigenvalue weighted by molar-refractivity contribution is -0.143. The van der Waals surface area contributed by atoms with Gasteiger partial charge in [-0.3, -0.25) is 9.59 Å². The smallest absolute Gasteiger partial charge is 0.317 e. The predicted octanol–water partition coefficient (Wildman–Crippen LogP) is 12.6. The normalized spacial score (nSPS) is 11.1. The molecule has 0 aromatic rings. The van der Waals surface area contributed by atoms with E-state index in [4.69, 9.17) is 14.6 Å². The molecule has 2 amide bonds. The van der Waals surface area contributed by atoms with Gasteiger partial charge in [-0.15, -0.1) is 0 Å². The summed E-state index contributed by atoms with van der Waals surface area (Å²) in [4.78, 5) is 37.6. The number of hydrogen-bond donors (Lipinski definition) is 2. The molecule has 2 N–H and O–H groups in total. The Labute approximate surface area is 329 Å². The molecule has 0 bridgehead atoms. The van der Waals surface area contributed by atoms with Gasteiger partial charge in [0.1, 0.15) is 0 Å². The summed E-state index contributed by atoms with van der Waals surface area (Å²) < 4.78 is 5.40. The van der Waals surface area contributed by atoms with Gasteiger partial charge in [-0.05, 0) is 45.7 Å². The summed E-state index contributed by atoms with van der Waals surface area (Å²) in [6.45, 7) is 10.4. The van der Waals surface area contributed by atoms with Gasteiger partial charge in [0.25, 0.3) is 6.47 Å². The van der Waals surface area contributed by atoms with Crippen LogP contribution in [0.15, 0.2) is 0 Å². The van der Waals surface area contributed by atoms with Gasteiger partial charge in [-0.2, -0.15) is 0 Å². The van der Waals surface area contributed by atoms with E-state index in [2.05, 4.69) is 35.9 Å². The number of amides is 2. The van der Waals surface area contributed by atoms with E-state index in [0.29, 0.717) is 19.6 Å². The number of nitrogens with one attached hydrogen (secondary N) is 1. The van der Waals surface area contributed by atoms with Crippen molar-refractivity contribution in [2.24, 2.45) is 5.92 Å². The number of urea groups is 1. The highest BCUT2D eigenvalue weighted by Crippen LogP contribution is 2.25. The molecule has 53 heavy (non-hydrogen) atoms. The monoisotopic (exact) mass is 754 g/mol. The number of esters is 1. The molecule has 0 heterocycles. The lowest BCUT2D eigenvalue weighted by Gasteiger charge is -2.24. The molecule has 0 spiro atoms. The highest BCUT2D eigenvalue weighted by molar-refractivity contribution is 5.74. The van der Waals surface area contributed by atoms with Crippen LogP contribution >= 0.6 is 0 Å². The summed E-state index contributed by atoms with van der Waals surface area (Å²) in [5.74, 6) is 0.898. The first-order valence-corrected chi connectivity index (χ1v) is 22.8. The van der Waals surface area contributed by atoms with Crippen molar-refractivity contribution in [1.82, 2.24) is 15.1 Å². The first kappa shape index (κ1) is 53.3. The molecule has 0 atom stereocenters. The highest BCUT2D eigenvalue weighted by Gasteiger charge is 2.13. The number of nitrogens with zero attached hydrogens (tertiary/aromatic N) is 2. The second kappa shape index (κ2) is 44.6. The molecular weight excluding hydrogens is 663 g/mol. The molecule has 0 saturated carbocycles. The summed E-state index contributed by atoms with van der Waals surface area (Å²) in [5, 5.41) is 10.0. The minimum Gasteiger partial charge on any atom is -0.483 e. The molecule has 0 radical (unpaired) electrons. The molecular formula is C45H91N3O5. The van der Waals surface area contributed by atoms with Gasteiger partial charge >= 0.3 is 12.0 Å². The Morgan fingerprint density at radius 2 is 0.943 bits per heavy atom. The molecule has 0 aromatic heterocycles. The van der Waals surface area contributed by atoms with Crippen LogP contribution in [0.4, 0.5) is 4.79 Å². The molecule has 8 heteroatoms. The van der Waals surface area contributed by atoms with Crippen molar-refractivity contribution in [3.05, 3.63) is 0 Å². The first-order chi connectivity index (χ1) is 25.9.